The number of benzene rings is 1. The van der Waals surface area contributed by atoms with Gasteiger partial charge in [0, 0.05) is 6.08 Å². The second-order valence-corrected chi connectivity index (χ2v) is 4.78. The molecule has 3 rings (SSSR count). The highest BCUT2D eigenvalue weighted by Crippen LogP contribution is 2.30. The summed E-state index contributed by atoms with van der Waals surface area (Å²) in [5.41, 5.74) is -0.307. The van der Waals surface area contributed by atoms with E-state index in [-0.39, 0.29) is 40.2 Å². The summed E-state index contributed by atoms with van der Waals surface area (Å²) in [6.45, 7) is -0.323. The number of phenolic OH excluding ortho intramolecular Hbond substituents is 1. The zero-order valence-corrected chi connectivity index (χ0v) is 12.0. The third-order valence-corrected chi connectivity index (χ3v) is 3.40. The summed E-state index contributed by atoms with van der Waals surface area (Å²) in [6, 6.07) is 2.70. The van der Waals surface area contributed by atoms with Crippen molar-refractivity contribution in [3.05, 3.63) is 51.8 Å². The number of rotatable bonds is 2. The Labute approximate surface area is 129 Å². The molecule has 0 spiro atoms. The number of aliphatic hydroxyl groups excluding tert-OH is 1. The molecule has 0 aliphatic carbocycles. The highest BCUT2D eigenvalue weighted by atomic mass is 16.5. The third kappa shape index (κ3) is 2.36. The van der Waals surface area contributed by atoms with Crippen LogP contribution >= 0.6 is 0 Å². The number of ether oxygens (including phenoxy) is 2. The van der Waals surface area contributed by atoms with Crippen molar-refractivity contribution < 1.29 is 28.9 Å². The van der Waals surface area contributed by atoms with E-state index in [0.29, 0.717) is 5.56 Å². The molecule has 2 heterocycles. The molecule has 1 aromatic heterocycles. The summed E-state index contributed by atoms with van der Waals surface area (Å²) in [6.07, 6.45) is 3.71. The van der Waals surface area contributed by atoms with Crippen molar-refractivity contribution in [3.8, 4) is 5.75 Å². The van der Waals surface area contributed by atoms with E-state index in [0.717, 1.165) is 6.26 Å². The molecule has 7 nitrogen and oxygen atoms in total. The Hall–Kier alpha value is -3.06. The first-order chi connectivity index (χ1) is 11.1. The van der Waals surface area contributed by atoms with Crippen LogP contribution < -0.4 is 5.43 Å². The number of fused-ring (bicyclic) bond motifs is 2. The molecular formula is C16H12O7. The van der Waals surface area contributed by atoms with Gasteiger partial charge in [0.15, 0.2) is 0 Å². The monoisotopic (exact) mass is 316 g/mol. The number of esters is 1. The topological polar surface area (TPSA) is 106 Å². The first-order valence-electron chi connectivity index (χ1n) is 6.61. The van der Waals surface area contributed by atoms with Crippen LogP contribution in [0, 0.1) is 0 Å². The molecule has 118 valence electrons. The van der Waals surface area contributed by atoms with Crippen LogP contribution in [0.1, 0.15) is 16.9 Å². The SMILES string of the molecule is COC(=O)C1=COC=Cc2oc3cc(CO)cc(O)c3c(=O)c21. The van der Waals surface area contributed by atoms with E-state index < -0.39 is 11.4 Å². The Morgan fingerprint density at radius 1 is 1.35 bits per heavy atom. The van der Waals surface area contributed by atoms with Gasteiger partial charge in [0.1, 0.15) is 34.3 Å². The van der Waals surface area contributed by atoms with Gasteiger partial charge in [0.25, 0.3) is 0 Å². The highest BCUT2D eigenvalue weighted by molar-refractivity contribution is 6.17. The smallest absolute Gasteiger partial charge is 0.341 e. The van der Waals surface area contributed by atoms with Gasteiger partial charge in [-0.3, -0.25) is 4.79 Å². The number of hydrogen-bond donors (Lipinski definition) is 2. The Morgan fingerprint density at radius 2 is 2.13 bits per heavy atom. The molecule has 0 saturated carbocycles. The Bertz CT molecular complexity index is 918. The fourth-order valence-corrected chi connectivity index (χ4v) is 2.36. The number of carbonyl (C=O) groups excluding carboxylic acids is 1. The standard InChI is InChI=1S/C16H12O7/c1-21-16(20)9-7-22-3-2-11-13(9)15(19)14-10(18)4-8(6-17)5-12(14)23-11/h2-5,7,17-18H,6H2,1H3. The van der Waals surface area contributed by atoms with Crippen LogP contribution in [0.5, 0.6) is 5.75 Å². The van der Waals surface area contributed by atoms with E-state index >= 15 is 0 Å². The molecule has 0 bridgehead atoms. The van der Waals surface area contributed by atoms with E-state index in [9.17, 15) is 19.8 Å². The van der Waals surface area contributed by atoms with Crippen LogP contribution in [0.3, 0.4) is 0 Å². The molecule has 7 heteroatoms. The van der Waals surface area contributed by atoms with Gasteiger partial charge in [-0.15, -0.1) is 0 Å². The van der Waals surface area contributed by atoms with Gasteiger partial charge in [-0.2, -0.15) is 0 Å². The maximum absolute atomic E-state index is 12.8. The minimum atomic E-state index is -0.770. The van der Waals surface area contributed by atoms with Crippen LogP contribution in [-0.2, 0) is 20.9 Å². The van der Waals surface area contributed by atoms with Gasteiger partial charge >= 0.3 is 5.97 Å². The van der Waals surface area contributed by atoms with Crippen LogP contribution in [-0.4, -0.2) is 23.3 Å². The lowest BCUT2D eigenvalue weighted by Gasteiger charge is -2.09. The van der Waals surface area contributed by atoms with E-state index in [1.807, 2.05) is 0 Å². The number of carbonyl (C=O) groups is 1. The molecule has 2 N–H and O–H groups in total. The summed E-state index contributed by atoms with van der Waals surface area (Å²) < 4.78 is 15.3. The van der Waals surface area contributed by atoms with Gasteiger partial charge < -0.3 is 24.1 Å². The molecule has 0 unspecified atom stereocenters. The Kier molecular flexibility index (Phi) is 3.63. The Morgan fingerprint density at radius 3 is 2.83 bits per heavy atom. The molecule has 1 aliphatic rings. The fraction of sp³-hybridized carbons (Fsp3) is 0.125. The second kappa shape index (κ2) is 5.62. The minimum absolute atomic E-state index is 0.0647. The van der Waals surface area contributed by atoms with E-state index in [4.69, 9.17) is 9.15 Å². The molecular weight excluding hydrogens is 304 g/mol. The van der Waals surface area contributed by atoms with Crippen molar-refractivity contribution in [2.24, 2.45) is 0 Å². The number of hydrogen-bond acceptors (Lipinski definition) is 7. The van der Waals surface area contributed by atoms with Crippen molar-refractivity contribution in [3.63, 3.8) is 0 Å². The maximum atomic E-state index is 12.8. The number of methoxy groups -OCH3 is 1. The maximum Gasteiger partial charge on any atom is 0.341 e. The van der Waals surface area contributed by atoms with Crippen LogP contribution in [0.2, 0.25) is 0 Å². The van der Waals surface area contributed by atoms with Gasteiger partial charge in [-0.25, -0.2) is 4.79 Å². The summed E-state index contributed by atoms with van der Waals surface area (Å²) in [5.74, 6) is -1.03. The Balaban J connectivity index is 2.41. The fourth-order valence-electron chi connectivity index (χ4n) is 2.36. The van der Waals surface area contributed by atoms with Crippen LogP contribution in [0.25, 0.3) is 22.6 Å². The molecule has 0 fully saturated rings. The summed E-state index contributed by atoms with van der Waals surface area (Å²) in [7, 11) is 1.18. The summed E-state index contributed by atoms with van der Waals surface area (Å²) >= 11 is 0. The van der Waals surface area contributed by atoms with Gasteiger partial charge in [-0.1, -0.05) is 0 Å². The molecule has 0 saturated heterocycles. The van der Waals surface area contributed by atoms with Crippen molar-refractivity contribution >= 4 is 28.6 Å². The average Bonchev–Trinajstić information content (AvgIpc) is 2.76. The molecule has 0 amide bonds. The number of aliphatic hydroxyl groups is 1. The highest BCUT2D eigenvalue weighted by Gasteiger charge is 2.25. The molecule has 23 heavy (non-hydrogen) atoms. The second-order valence-electron chi connectivity index (χ2n) is 4.78. The average molecular weight is 316 g/mol. The predicted octanol–water partition coefficient (Wildman–Crippen LogP) is 1.51. The van der Waals surface area contributed by atoms with Gasteiger partial charge in [0.2, 0.25) is 5.43 Å². The largest absolute Gasteiger partial charge is 0.507 e. The first-order valence-corrected chi connectivity index (χ1v) is 6.61. The van der Waals surface area contributed by atoms with Crippen molar-refractivity contribution in [1.82, 2.24) is 0 Å². The van der Waals surface area contributed by atoms with Crippen molar-refractivity contribution in [1.29, 1.82) is 0 Å². The molecule has 1 aromatic carbocycles. The third-order valence-electron chi connectivity index (χ3n) is 3.40. The van der Waals surface area contributed by atoms with Gasteiger partial charge in [0.05, 0.1) is 25.5 Å². The predicted molar refractivity (Wildman–Crippen MR) is 80.2 cm³/mol. The summed E-state index contributed by atoms with van der Waals surface area (Å²) in [5, 5.41) is 19.2. The summed E-state index contributed by atoms with van der Waals surface area (Å²) in [4.78, 5) is 24.6. The van der Waals surface area contributed by atoms with E-state index in [2.05, 4.69) is 4.74 Å². The molecule has 2 aromatic rings. The van der Waals surface area contributed by atoms with Crippen molar-refractivity contribution in [2.45, 2.75) is 6.61 Å². The molecule has 0 radical (unpaired) electrons. The molecule has 0 atom stereocenters. The lowest BCUT2D eigenvalue weighted by molar-refractivity contribution is -0.133. The van der Waals surface area contributed by atoms with E-state index in [1.54, 1.807) is 0 Å². The number of phenols is 1. The first kappa shape index (κ1) is 14.9. The van der Waals surface area contributed by atoms with Crippen LogP contribution in [0.4, 0.5) is 0 Å². The van der Waals surface area contributed by atoms with E-state index in [1.165, 1.54) is 31.6 Å². The quantitative estimate of drug-likeness (QED) is 0.809. The zero-order chi connectivity index (χ0) is 16.6. The van der Waals surface area contributed by atoms with Gasteiger partial charge in [-0.05, 0) is 17.7 Å². The minimum Gasteiger partial charge on any atom is -0.507 e. The lowest BCUT2D eigenvalue weighted by atomic mass is 10.0. The normalized spacial score (nSPS) is 13.0. The zero-order valence-electron chi connectivity index (χ0n) is 12.0. The van der Waals surface area contributed by atoms with Crippen molar-refractivity contribution in [2.75, 3.05) is 7.11 Å². The lowest BCUT2D eigenvalue weighted by Crippen LogP contribution is -2.16. The number of aromatic hydroxyl groups is 1. The molecule has 1 aliphatic heterocycles. The van der Waals surface area contributed by atoms with Crippen LogP contribution in [0.15, 0.2) is 33.9 Å².